The van der Waals surface area contributed by atoms with Gasteiger partial charge >= 0.3 is 0 Å². The van der Waals surface area contributed by atoms with Gasteiger partial charge in [0.1, 0.15) is 12.2 Å². The van der Waals surface area contributed by atoms with Crippen molar-refractivity contribution in [2.75, 3.05) is 45.2 Å². The third-order valence-electron chi connectivity index (χ3n) is 2.99. The van der Waals surface area contributed by atoms with E-state index in [1.807, 2.05) is 31.1 Å². The molecule has 0 spiro atoms. The molecule has 1 aromatic rings. The van der Waals surface area contributed by atoms with Gasteiger partial charge in [0.25, 0.3) is 0 Å². The van der Waals surface area contributed by atoms with Crippen LogP contribution in [0.2, 0.25) is 0 Å². The van der Waals surface area contributed by atoms with E-state index >= 15 is 0 Å². The number of ketones is 1. The number of carbonyl (C=O) groups excluding carboxylic acids is 1. The van der Waals surface area contributed by atoms with E-state index in [4.69, 9.17) is 0 Å². The van der Waals surface area contributed by atoms with Gasteiger partial charge in [-0.1, -0.05) is 0 Å². The molecule has 2 heterocycles. The number of hydrogen-bond donors (Lipinski definition) is 1. The van der Waals surface area contributed by atoms with Gasteiger partial charge in [0.15, 0.2) is 5.78 Å². The largest absolute Gasteiger partial charge is 0.357 e. The maximum atomic E-state index is 12.2. The molecule has 1 aliphatic heterocycles. The van der Waals surface area contributed by atoms with Gasteiger partial charge in [-0.05, 0) is 26.2 Å². The molecule has 1 unspecified atom stereocenters. The Bertz CT molecular complexity index is 393. The molecule has 1 aromatic heterocycles. The molecule has 5 nitrogen and oxygen atoms in total. The summed E-state index contributed by atoms with van der Waals surface area (Å²) in [5.41, 5.74) is 0.899. The van der Waals surface area contributed by atoms with E-state index in [1.165, 1.54) is 0 Å². The fourth-order valence-electron chi connectivity index (χ4n) is 2.18. The number of likely N-dealkylation sites (N-methyl/N-ethyl adjacent to an activating group) is 1. The van der Waals surface area contributed by atoms with Gasteiger partial charge in [0, 0.05) is 25.8 Å². The summed E-state index contributed by atoms with van der Waals surface area (Å²) in [4.78, 5) is 20.2. The van der Waals surface area contributed by atoms with Crippen LogP contribution in [0, 0.1) is 6.20 Å². The lowest BCUT2D eigenvalue weighted by molar-refractivity contribution is -0.121. The van der Waals surface area contributed by atoms with Gasteiger partial charge in [-0.3, -0.25) is 9.78 Å². The fourth-order valence-corrected chi connectivity index (χ4v) is 2.18. The van der Waals surface area contributed by atoms with Crippen LogP contribution in [0.1, 0.15) is 0 Å². The van der Waals surface area contributed by atoms with Gasteiger partial charge in [0.05, 0.1) is 12.2 Å². The number of aromatic nitrogens is 1. The zero-order valence-electron chi connectivity index (χ0n) is 10.9. The van der Waals surface area contributed by atoms with Gasteiger partial charge in [-0.25, -0.2) is 0 Å². The summed E-state index contributed by atoms with van der Waals surface area (Å²) in [5.74, 6) is 0.226. The first kappa shape index (κ1) is 13.0. The molecule has 5 heteroatoms. The molecule has 1 atom stereocenters. The highest BCUT2D eigenvalue weighted by Crippen LogP contribution is 2.16. The Kier molecular flexibility index (Phi) is 4.28. The zero-order chi connectivity index (χ0) is 13.0. The molecule has 1 fully saturated rings. The van der Waals surface area contributed by atoms with E-state index in [0.29, 0.717) is 13.1 Å². The van der Waals surface area contributed by atoms with E-state index in [-0.39, 0.29) is 11.8 Å². The summed E-state index contributed by atoms with van der Waals surface area (Å²) in [6.45, 7) is 2.85. The molecule has 18 heavy (non-hydrogen) atoms. The Morgan fingerprint density at radius 1 is 1.67 bits per heavy atom. The van der Waals surface area contributed by atoms with Crippen molar-refractivity contribution in [3.8, 4) is 0 Å². The van der Waals surface area contributed by atoms with Gasteiger partial charge < -0.3 is 15.1 Å². The second-order valence-corrected chi connectivity index (χ2v) is 4.75. The van der Waals surface area contributed by atoms with Crippen LogP contribution >= 0.6 is 0 Å². The highest BCUT2D eigenvalue weighted by molar-refractivity contribution is 5.89. The maximum Gasteiger partial charge on any atom is 0.170 e. The first-order chi connectivity index (χ1) is 8.68. The van der Waals surface area contributed by atoms with Crippen LogP contribution in [-0.2, 0) is 4.79 Å². The first-order valence-electron chi connectivity index (χ1n) is 6.16. The Labute approximate surface area is 108 Å². The minimum Gasteiger partial charge on any atom is -0.357 e. The van der Waals surface area contributed by atoms with Gasteiger partial charge in [-0.15, -0.1) is 0 Å². The lowest BCUT2D eigenvalue weighted by Gasteiger charge is -2.37. The van der Waals surface area contributed by atoms with Crippen molar-refractivity contribution in [1.29, 1.82) is 0 Å². The third kappa shape index (κ3) is 3.05. The van der Waals surface area contributed by atoms with Crippen molar-refractivity contribution < 1.29 is 4.79 Å². The SMILES string of the molecule is CN(C)CC(=O)C1CNCCN1c1[c]nccc1. The molecule has 0 amide bonds. The molecule has 2 rings (SSSR count). The van der Waals surface area contributed by atoms with Crippen LogP contribution in [0.15, 0.2) is 18.3 Å². The first-order valence-corrected chi connectivity index (χ1v) is 6.16. The number of carbonyl (C=O) groups is 1. The number of pyridine rings is 1. The normalized spacial score (nSPS) is 20.2. The highest BCUT2D eigenvalue weighted by atomic mass is 16.1. The molecule has 0 saturated carbocycles. The van der Waals surface area contributed by atoms with Crippen LogP contribution in [-0.4, -0.2) is 62.0 Å². The average molecular weight is 247 g/mol. The zero-order valence-corrected chi connectivity index (χ0v) is 10.9. The second kappa shape index (κ2) is 5.93. The van der Waals surface area contributed by atoms with E-state index in [0.717, 1.165) is 18.8 Å². The Morgan fingerprint density at radius 3 is 3.17 bits per heavy atom. The summed E-state index contributed by atoms with van der Waals surface area (Å²) >= 11 is 0. The second-order valence-electron chi connectivity index (χ2n) is 4.75. The maximum absolute atomic E-state index is 12.2. The molecule has 0 aliphatic carbocycles. The Morgan fingerprint density at radius 2 is 2.50 bits per heavy atom. The van der Waals surface area contributed by atoms with Crippen molar-refractivity contribution >= 4 is 11.5 Å². The summed E-state index contributed by atoms with van der Waals surface area (Å²) in [6, 6.07) is 3.71. The number of Topliss-reactive ketones (excluding diaryl/α,β-unsaturated/α-hetero) is 1. The summed E-state index contributed by atoms with van der Waals surface area (Å²) < 4.78 is 0. The van der Waals surface area contributed by atoms with Crippen LogP contribution in [0.25, 0.3) is 0 Å². The number of piperazine rings is 1. The fraction of sp³-hybridized carbons (Fsp3) is 0.538. The number of nitrogens with zero attached hydrogens (tertiary/aromatic N) is 3. The lowest BCUT2D eigenvalue weighted by atomic mass is 10.1. The standard InChI is InChI=1S/C13H19N4O/c1-16(2)10-13(18)12-9-15-6-7-17(12)11-4-3-5-14-8-11/h3-5,12,15H,6-7,9-10H2,1-2H3. The topological polar surface area (TPSA) is 48.5 Å². The summed E-state index contributed by atoms with van der Waals surface area (Å²) in [7, 11) is 3.82. The number of rotatable bonds is 4. The molecule has 1 N–H and O–H groups in total. The molecule has 1 aliphatic rings. The van der Waals surface area contributed by atoms with E-state index in [2.05, 4.69) is 21.4 Å². The number of anilines is 1. The van der Waals surface area contributed by atoms with Crippen LogP contribution in [0.4, 0.5) is 5.69 Å². The van der Waals surface area contributed by atoms with E-state index < -0.39 is 0 Å². The predicted molar refractivity (Wildman–Crippen MR) is 70.6 cm³/mol. The minimum atomic E-state index is -0.124. The number of hydrogen-bond acceptors (Lipinski definition) is 5. The van der Waals surface area contributed by atoms with Crippen LogP contribution in [0.3, 0.4) is 0 Å². The van der Waals surface area contributed by atoms with Crippen molar-refractivity contribution in [2.24, 2.45) is 0 Å². The van der Waals surface area contributed by atoms with E-state index in [9.17, 15) is 4.79 Å². The minimum absolute atomic E-state index is 0.124. The molecule has 1 saturated heterocycles. The summed E-state index contributed by atoms with van der Waals surface area (Å²) in [5, 5.41) is 3.27. The molecule has 1 radical (unpaired) electrons. The smallest absolute Gasteiger partial charge is 0.170 e. The van der Waals surface area contributed by atoms with Gasteiger partial charge in [0.2, 0.25) is 0 Å². The molecular weight excluding hydrogens is 228 g/mol. The molecule has 97 valence electrons. The average Bonchev–Trinajstić information content (AvgIpc) is 2.39. The molecular formula is C13H19N4O. The van der Waals surface area contributed by atoms with Crippen molar-refractivity contribution in [3.05, 3.63) is 24.5 Å². The van der Waals surface area contributed by atoms with E-state index in [1.54, 1.807) is 6.20 Å². The van der Waals surface area contributed by atoms with Gasteiger partial charge in [-0.2, -0.15) is 0 Å². The Balaban J connectivity index is 2.13. The van der Waals surface area contributed by atoms with Crippen molar-refractivity contribution in [1.82, 2.24) is 15.2 Å². The van der Waals surface area contributed by atoms with Crippen LogP contribution < -0.4 is 10.2 Å². The quantitative estimate of drug-likeness (QED) is 0.798. The lowest BCUT2D eigenvalue weighted by Crippen LogP contribution is -2.56. The molecule has 0 aromatic carbocycles. The van der Waals surface area contributed by atoms with Crippen molar-refractivity contribution in [3.63, 3.8) is 0 Å². The number of nitrogens with one attached hydrogen (secondary N) is 1. The predicted octanol–water partition coefficient (Wildman–Crippen LogP) is -0.209. The van der Waals surface area contributed by atoms with Crippen LogP contribution in [0.5, 0.6) is 0 Å². The monoisotopic (exact) mass is 247 g/mol. The highest BCUT2D eigenvalue weighted by Gasteiger charge is 2.28. The Hall–Kier alpha value is -1.46. The summed E-state index contributed by atoms with van der Waals surface area (Å²) in [6.07, 6.45) is 4.66. The third-order valence-corrected chi connectivity index (χ3v) is 2.99. The molecule has 0 bridgehead atoms. The van der Waals surface area contributed by atoms with Crippen molar-refractivity contribution in [2.45, 2.75) is 6.04 Å².